The number of likely N-dealkylation sites (tertiary alicyclic amines) is 1. The number of thiazole rings is 1. The zero-order chi connectivity index (χ0) is 28.1. The normalized spacial score (nSPS) is 17.4. The highest BCUT2D eigenvalue weighted by Crippen LogP contribution is 2.31. The number of ether oxygens (including phenoxy) is 1. The number of aromatic nitrogens is 4. The average Bonchev–Trinajstić information content (AvgIpc) is 3.70. The van der Waals surface area contributed by atoms with Crippen LogP contribution in [0.15, 0.2) is 36.9 Å². The van der Waals surface area contributed by atoms with Crippen molar-refractivity contribution in [3.8, 4) is 16.5 Å². The number of amides is 1. The molecule has 3 aromatic heterocycles. The van der Waals surface area contributed by atoms with Crippen LogP contribution in [0.25, 0.3) is 10.6 Å². The van der Waals surface area contributed by atoms with Crippen LogP contribution in [0.5, 0.6) is 5.88 Å². The van der Waals surface area contributed by atoms with Gasteiger partial charge in [-0.25, -0.2) is 22.8 Å². The van der Waals surface area contributed by atoms with E-state index in [2.05, 4.69) is 34.9 Å². The molecule has 11 nitrogen and oxygen atoms in total. The van der Waals surface area contributed by atoms with Crippen molar-refractivity contribution in [1.82, 2.24) is 30.2 Å². The molecule has 4 heterocycles. The van der Waals surface area contributed by atoms with Crippen LogP contribution in [0.3, 0.4) is 0 Å². The molecule has 2 N–H and O–H groups in total. The Bertz CT molecular complexity index is 1430. The number of nitrogens with zero attached hydrogens (tertiary/aromatic N) is 5. The maximum atomic E-state index is 13.6. The van der Waals surface area contributed by atoms with E-state index in [0.717, 1.165) is 0 Å². The van der Waals surface area contributed by atoms with E-state index in [9.17, 15) is 17.6 Å². The van der Waals surface area contributed by atoms with Gasteiger partial charge < -0.3 is 15.0 Å². The molecule has 0 spiro atoms. The smallest absolute Gasteiger partial charge is 0.280 e. The largest absolute Gasteiger partial charge is 0.477 e. The Morgan fingerprint density at radius 1 is 1.20 bits per heavy atom. The number of nitrogens with one attached hydrogen (secondary N) is 2. The van der Waals surface area contributed by atoms with Gasteiger partial charge >= 0.3 is 0 Å². The topological polar surface area (TPSA) is 139 Å². The summed E-state index contributed by atoms with van der Waals surface area (Å²) >= 11 is 1.18. The second-order valence-corrected chi connectivity index (χ2v) is 12.8. The molecule has 40 heavy (non-hydrogen) atoms. The summed E-state index contributed by atoms with van der Waals surface area (Å²) in [6, 6.07) is 2.73. The molecule has 1 atom stereocenters. The fraction of sp³-hybridized carbons (Fsp3) is 0.500. The van der Waals surface area contributed by atoms with Crippen molar-refractivity contribution in [2.24, 2.45) is 0 Å². The monoisotopic (exact) mass is 589 g/mol. The second-order valence-electron chi connectivity index (χ2n) is 9.85. The van der Waals surface area contributed by atoms with E-state index in [1.807, 2.05) is 6.92 Å². The van der Waals surface area contributed by atoms with Crippen molar-refractivity contribution in [3.05, 3.63) is 47.6 Å². The summed E-state index contributed by atoms with van der Waals surface area (Å²) in [6.07, 6.45) is 8.22. The van der Waals surface area contributed by atoms with Crippen LogP contribution >= 0.6 is 11.3 Å². The Morgan fingerprint density at radius 2 is 2.00 bits per heavy atom. The maximum absolute atomic E-state index is 13.6. The van der Waals surface area contributed by atoms with Crippen LogP contribution in [-0.4, -0.2) is 76.8 Å². The lowest BCUT2D eigenvalue weighted by Gasteiger charge is -2.30. The minimum Gasteiger partial charge on any atom is -0.477 e. The molecule has 2 aliphatic rings. The first-order valence-corrected chi connectivity index (χ1v) is 15.7. The van der Waals surface area contributed by atoms with E-state index in [1.54, 1.807) is 24.5 Å². The minimum absolute atomic E-state index is 0.243. The Hall–Kier alpha value is -3.23. The summed E-state index contributed by atoms with van der Waals surface area (Å²) < 4.78 is 46.7. The van der Waals surface area contributed by atoms with Crippen molar-refractivity contribution in [1.29, 1.82) is 0 Å². The number of alkyl halides is 1. The van der Waals surface area contributed by atoms with Gasteiger partial charge in [0.05, 0.1) is 46.6 Å². The van der Waals surface area contributed by atoms with Gasteiger partial charge in [0, 0.05) is 32.0 Å². The lowest BCUT2D eigenvalue weighted by atomic mass is 10.1. The highest BCUT2D eigenvalue weighted by Gasteiger charge is 2.36. The van der Waals surface area contributed by atoms with E-state index < -0.39 is 22.2 Å². The number of hydrogen-bond acceptors (Lipinski definition) is 10. The highest BCUT2D eigenvalue weighted by molar-refractivity contribution is 7.93. The van der Waals surface area contributed by atoms with Gasteiger partial charge in [-0.05, 0) is 51.2 Å². The fourth-order valence-electron chi connectivity index (χ4n) is 4.46. The molecule has 1 amide bonds. The molecule has 1 aliphatic heterocycles. The van der Waals surface area contributed by atoms with Crippen LogP contribution < -0.4 is 14.8 Å². The summed E-state index contributed by atoms with van der Waals surface area (Å²) in [5.41, 5.74) is 1.48. The SMILES string of the molecule is CCOc1cncc(-c2cnc(C(=O)NC(CCN3CCC(F)CC3)c3cc(NS(=O)(=O)C4CC4)ccn3)s2)n1. The number of carbonyl (C=O) groups excluding carboxylic acids is 1. The number of sulfonamides is 1. The molecular weight excluding hydrogens is 557 g/mol. The minimum atomic E-state index is -3.45. The molecule has 1 aliphatic carbocycles. The molecule has 5 rings (SSSR count). The van der Waals surface area contributed by atoms with Gasteiger partial charge in [-0.3, -0.25) is 19.5 Å². The molecule has 0 aromatic carbocycles. The Morgan fingerprint density at radius 3 is 2.75 bits per heavy atom. The molecule has 0 radical (unpaired) electrons. The predicted molar refractivity (Wildman–Crippen MR) is 150 cm³/mol. The molecular formula is C26H32FN7O4S2. The average molecular weight is 590 g/mol. The first-order chi connectivity index (χ1) is 19.3. The van der Waals surface area contributed by atoms with Gasteiger partial charge in [0.1, 0.15) is 11.9 Å². The third kappa shape index (κ3) is 7.29. The van der Waals surface area contributed by atoms with Crippen molar-refractivity contribution < 1.29 is 22.3 Å². The number of piperidine rings is 1. The van der Waals surface area contributed by atoms with Gasteiger partial charge in [0.15, 0.2) is 5.01 Å². The van der Waals surface area contributed by atoms with Crippen LogP contribution in [0, 0.1) is 0 Å². The van der Waals surface area contributed by atoms with Crippen LogP contribution in [0.2, 0.25) is 0 Å². The first-order valence-electron chi connectivity index (χ1n) is 13.4. The van der Waals surface area contributed by atoms with Crippen molar-refractivity contribution in [2.45, 2.75) is 56.5 Å². The number of carbonyl (C=O) groups is 1. The summed E-state index contributed by atoms with van der Waals surface area (Å²) in [7, 11) is -3.45. The number of hydrogen-bond donors (Lipinski definition) is 2. The highest BCUT2D eigenvalue weighted by atomic mass is 32.2. The van der Waals surface area contributed by atoms with Gasteiger partial charge in [-0.2, -0.15) is 0 Å². The maximum Gasteiger partial charge on any atom is 0.280 e. The van der Waals surface area contributed by atoms with Crippen molar-refractivity contribution in [2.75, 3.05) is 31.0 Å². The van der Waals surface area contributed by atoms with E-state index in [-0.39, 0.29) is 16.2 Å². The second kappa shape index (κ2) is 12.5. The van der Waals surface area contributed by atoms with E-state index in [4.69, 9.17) is 4.74 Å². The molecule has 2 fully saturated rings. The first kappa shape index (κ1) is 28.3. The summed E-state index contributed by atoms with van der Waals surface area (Å²) in [5, 5.41) is 2.91. The van der Waals surface area contributed by atoms with E-state index in [0.29, 0.717) is 86.2 Å². The zero-order valence-corrected chi connectivity index (χ0v) is 23.8. The van der Waals surface area contributed by atoms with Crippen LogP contribution in [0.1, 0.15) is 60.6 Å². The summed E-state index contributed by atoms with van der Waals surface area (Å²) in [4.78, 5) is 33.5. The molecule has 3 aromatic rings. The van der Waals surface area contributed by atoms with E-state index in [1.165, 1.54) is 23.7 Å². The van der Waals surface area contributed by atoms with Crippen molar-refractivity contribution in [3.63, 3.8) is 0 Å². The summed E-state index contributed by atoms with van der Waals surface area (Å²) in [5.74, 6) is 0.00271. The Labute approximate surface area is 236 Å². The molecule has 1 saturated heterocycles. The number of pyridine rings is 1. The Kier molecular flexibility index (Phi) is 8.86. The van der Waals surface area contributed by atoms with Crippen molar-refractivity contribution >= 4 is 33.0 Å². The van der Waals surface area contributed by atoms with E-state index >= 15 is 0 Å². The molecule has 1 unspecified atom stereocenters. The molecule has 214 valence electrons. The van der Waals surface area contributed by atoms with Gasteiger partial charge in [-0.15, -0.1) is 11.3 Å². The third-order valence-electron chi connectivity index (χ3n) is 6.77. The van der Waals surface area contributed by atoms with Gasteiger partial charge in [0.25, 0.3) is 5.91 Å². The third-order valence-corrected chi connectivity index (χ3v) is 9.66. The standard InChI is InChI=1S/C26H32FN7O4S2/c1-2-38-24-16-28-14-22(31-24)23-15-30-26(39-23)25(35)32-20(8-12-34-10-6-17(27)7-11-34)21-13-18(5-9-29-21)33-40(36,37)19-3-4-19/h5,9,13-17,19-20H,2-4,6-8,10-12H2,1H3,(H,29,33)(H,32,35). The predicted octanol–water partition coefficient (Wildman–Crippen LogP) is 3.59. The van der Waals surface area contributed by atoms with Crippen LogP contribution in [0.4, 0.5) is 10.1 Å². The fourth-order valence-corrected chi connectivity index (χ4v) is 6.61. The molecule has 14 heteroatoms. The lowest BCUT2D eigenvalue weighted by Crippen LogP contribution is -2.37. The number of anilines is 1. The zero-order valence-electron chi connectivity index (χ0n) is 22.1. The number of halogens is 1. The van der Waals surface area contributed by atoms with Gasteiger partial charge in [-0.1, -0.05) is 0 Å². The quantitative estimate of drug-likeness (QED) is 0.324. The van der Waals surface area contributed by atoms with Crippen LogP contribution in [-0.2, 0) is 10.0 Å². The Balaban J connectivity index is 1.32. The molecule has 1 saturated carbocycles. The lowest BCUT2D eigenvalue weighted by molar-refractivity contribution is 0.0925. The number of rotatable bonds is 12. The molecule has 0 bridgehead atoms. The summed E-state index contributed by atoms with van der Waals surface area (Å²) in [6.45, 7) is 4.23. The van der Waals surface area contributed by atoms with Gasteiger partial charge in [0.2, 0.25) is 15.9 Å².